The van der Waals surface area contributed by atoms with E-state index in [0.29, 0.717) is 23.5 Å². The summed E-state index contributed by atoms with van der Waals surface area (Å²) in [6.07, 6.45) is 6.08. The lowest BCUT2D eigenvalue weighted by Crippen LogP contribution is -2.46. The molecule has 0 bridgehead atoms. The molecule has 1 saturated carbocycles. The first-order chi connectivity index (χ1) is 9.29. The van der Waals surface area contributed by atoms with E-state index >= 15 is 0 Å². The van der Waals surface area contributed by atoms with Crippen LogP contribution in [-0.2, 0) is 0 Å². The van der Waals surface area contributed by atoms with E-state index in [4.69, 9.17) is 0 Å². The Bertz CT molecular complexity index is 459. The molecule has 2 aliphatic rings. The van der Waals surface area contributed by atoms with E-state index in [9.17, 15) is 4.79 Å². The number of nitrogens with one attached hydrogen (secondary N) is 1. The second-order valence-electron chi connectivity index (χ2n) is 5.45. The number of fused-ring (bicyclic) bond motifs is 1. The number of aromatic nitrogens is 2. The van der Waals surface area contributed by atoms with E-state index in [1.165, 1.54) is 19.3 Å². The molecule has 2 fully saturated rings. The van der Waals surface area contributed by atoms with Gasteiger partial charge in [0.25, 0.3) is 5.91 Å². The summed E-state index contributed by atoms with van der Waals surface area (Å²) in [5.41, 5.74) is 0.464. The summed E-state index contributed by atoms with van der Waals surface area (Å²) in [5.74, 6) is 1.45. The maximum Gasteiger partial charge on any atom is 0.274 e. The van der Waals surface area contributed by atoms with Gasteiger partial charge in [-0.15, -0.1) is 10.2 Å². The molecule has 0 spiro atoms. The number of likely N-dealkylation sites (tertiary alicyclic amines) is 1. The molecule has 0 radical (unpaired) electrons. The predicted molar refractivity (Wildman–Crippen MR) is 73.0 cm³/mol. The van der Waals surface area contributed by atoms with Crippen molar-refractivity contribution in [2.45, 2.75) is 38.1 Å². The summed E-state index contributed by atoms with van der Waals surface area (Å²) in [6.45, 7) is 0.870. The summed E-state index contributed by atoms with van der Waals surface area (Å²) >= 11 is 0. The van der Waals surface area contributed by atoms with E-state index in [0.717, 1.165) is 19.4 Å². The van der Waals surface area contributed by atoms with E-state index in [-0.39, 0.29) is 5.91 Å². The van der Waals surface area contributed by atoms with Crippen molar-refractivity contribution in [3.05, 3.63) is 17.8 Å². The minimum absolute atomic E-state index is 0.0479. The van der Waals surface area contributed by atoms with Gasteiger partial charge in [0, 0.05) is 19.6 Å². The Morgan fingerprint density at radius 1 is 1.26 bits per heavy atom. The number of nitrogens with zero attached hydrogens (tertiary/aromatic N) is 3. The third-order valence-corrected chi connectivity index (χ3v) is 4.39. The van der Waals surface area contributed by atoms with Crippen molar-refractivity contribution in [2.75, 3.05) is 18.9 Å². The van der Waals surface area contributed by atoms with Gasteiger partial charge in [-0.25, -0.2) is 0 Å². The molecule has 19 heavy (non-hydrogen) atoms. The second kappa shape index (κ2) is 5.15. The van der Waals surface area contributed by atoms with E-state index < -0.39 is 0 Å². The van der Waals surface area contributed by atoms with Crippen LogP contribution < -0.4 is 5.32 Å². The molecule has 1 saturated heterocycles. The van der Waals surface area contributed by atoms with Crippen LogP contribution >= 0.6 is 0 Å². The molecule has 3 rings (SSSR count). The SMILES string of the molecule is CNc1ccc(C(=O)N2CCCC3CCCC32)nn1. The van der Waals surface area contributed by atoms with Gasteiger partial charge in [0.15, 0.2) is 5.69 Å². The van der Waals surface area contributed by atoms with Gasteiger partial charge in [-0.2, -0.15) is 0 Å². The Morgan fingerprint density at radius 2 is 2.11 bits per heavy atom. The van der Waals surface area contributed by atoms with Crippen molar-refractivity contribution < 1.29 is 4.79 Å². The van der Waals surface area contributed by atoms with Gasteiger partial charge in [0.2, 0.25) is 0 Å². The molecule has 1 N–H and O–H groups in total. The molecule has 1 aliphatic carbocycles. The smallest absolute Gasteiger partial charge is 0.274 e. The zero-order valence-corrected chi connectivity index (χ0v) is 11.3. The van der Waals surface area contributed by atoms with Crippen LogP contribution in [0.4, 0.5) is 5.82 Å². The lowest BCUT2D eigenvalue weighted by atomic mass is 9.92. The van der Waals surface area contributed by atoms with Crippen molar-refractivity contribution in [1.29, 1.82) is 0 Å². The lowest BCUT2D eigenvalue weighted by Gasteiger charge is -2.37. The van der Waals surface area contributed by atoms with Crippen LogP contribution in [0.2, 0.25) is 0 Å². The fraction of sp³-hybridized carbons (Fsp3) is 0.643. The van der Waals surface area contributed by atoms with Crippen LogP contribution in [0.15, 0.2) is 12.1 Å². The summed E-state index contributed by atoms with van der Waals surface area (Å²) in [5, 5.41) is 10.9. The highest BCUT2D eigenvalue weighted by Gasteiger charge is 2.37. The first-order valence-electron chi connectivity index (χ1n) is 7.12. The molecule has 2 heterocycles. The molecule has 2 unspecified atom stereocenters. The highest BCUT2D eigenvalue weighted by Crippen LogP contribution is 2.37. The van der Waals surface area contributed by atoms with E-state index in [2.05, 4.69) is 15.5 Å². The van der Waals surface area contributed by atoms with Crippen molar-refractivity contribution in [3.63, 3.8) is 0 Å². The lowest BCUT2D eigenvalue weighted by molar-refractivity contribution is 0.0541. The zero-order valence-electron chi connectivity index (χ0n) is 11.3. The maximum absolute atomic E-state index is 12.5. The number of amides is 1. The Kier molecular flexibility index (Phi) is 3.36. The molecule has 102 valence electrons. The van der Waals surface area contributed by atoms with Gasteiger partial charge >= 0.3 is 0 Å². The molecular weight excluding hydrogens is 240 g/mol. The monoisotopic (exact) mass is 260 g/mol. The number of carbonyl (C=O) groups excluding carboxylic acids is 1. The molecule has 1 aromatic heterocycles. The molecule has 5 heteroatoms. The second-order valence-corrected chi connectivity index (χ2v) is 5.45. The first kappa shape index (κ1) is 12.4. The summed E-state index contributed by atoms with van der Waals surface area (Å²) in [4.78, 5) is 14.6. The maximum atomic E-state index is 12.5. The van der Waals surface area contributed by atoms with Crippen LogP contribution in [0.1, 0.15) is 42.6 Å². The van der Waals surface area contributed by atoms with Crippen LogP contribution in [-0.4, -0.2) is 40.6 Å². The van der Waals surface area contributed by atoms with Gasteiger partial charge in [-0.1, -0.05) is 6.42 Å². The highest BCUT2D eigenvalue weighted by atomic mass is 16.2. The third kappa shape index (κ3) is 2.29. The number of hydrogen-bond acceptors (Lipinski definition) is 4. The third-order valence-electron chi connectivity index (χ3n) is 4.39. The fourth-order valence-electron chi connectivity index (χ4n) is 3.43. The quantitative estimate of drug-likeness (QED) is 0.882. The minimum atomic E-state index is 0.0479. The number of piperidine rings is 1. The predicted octanol–water partition coefficient (Wildman–Crippen LogP) is 1.92. The van der Waals surface area contributed by atoms with Crippen molar-refractivity contribution in [2.24, 2.45) is 5.92 Å². The molecule has 0 aromatic carbocycles. The fourth-order valence-corrected chi connectivity index (χ4v) is 3.43. The van der Waals surface area contributed by atoms with E-state index in [1.807, 2.05) is 4.90 Å². The minimum Gasteiger partial charge on any atom is -0.372 e. The molecule has 2 atom stereocenters. The average molecular weight is 260 g/mol. The van der Waals surface area contributed by atoms with Crippen LogP contribution in [0.3, 0.4) is 0 Å². The van der Waals surface area contributed by atoms with Crippen molar-refractivity contribution in [1.82, 2.24) is 15.1 Å². The van der Waals surface area contributed by atoms with Gasteiger partial charge < -0.3 is 10.2 Å². The van der Waals surface area contributed by atoms with E-state index in [1.54, 1.807) is 19.2 Å². The number of anilines is 1. The Balaban J connectivity index is 1.78. The van der Waals surface area contributed by atoms with Gasteiger partial charge in [0.1, 0.15) is 5.82 Å². The van der Waals surface area contributed by atoms with Crippen LogP contribution in [0.25, 0.3) is 0 Å². The summed E-state index contributed by atoms with van der Waals surface area (Å²) in [7, 11) is 1.79. The number of carbonyl (C=O) groups is 1. The van der Waals surface area contributed by atoms with Crippen molar-refractivity contribution in [3.8, 4) is 0 Å². The molecule has 1 amide bonds. The molecule has 1 aliphatic heterocycles. The molecule has 5 nitrogen and oxygen atoms in total. The van der Waals surface area contributed by atoms with Crippen molar-refractivity contribution >= 4 is 11.7 Å². The Hall–Kier alpha value is -1.65. The first-order valence-corrected chi connectivity index (χ1v) is 7.12. The highest BCUT2D eigenvalue weighted by molar-refractivity contribution is 5.92. The number of rotatable bonds is 2. The molecule has 1 aromatic rings. The van der Waals surface area contributed by atoms with Gasteiger partial charge in [0.05, 0.1) is 0 Å². The summed E-state index contributed by atoms with van der Waals surface area (Å²) in [6, 6.07) is 4.00. The van der Waals surface area contributed by atoms with Crippen LogP contribution in [0.5, 0.6) is 0 Å². The summed E-state index contributed by atoms with van der Waals surface area (Å²) < 4.78 is 0. The normalized spacial score (nSPS) is 26.1. The van der Waals surface area contributed by atoms with Gasteiger partial charge in [-0.3, -0.25) is 4.79 Å². The average Bonchev–Trinajstić information content (AvgIpc) is 2.95. The molecular formula is C14H20N4O. The Labute approximate surface area is 113 Å². The largest absolute Gasteiger partial charge is 0.372 e. The number of hydrogen-bond donors (Lipinski definition) is 1. The van der Waals surface area contributed by atoms with Crippen LogP contribution in [0, 0.1) is 5.92 Å². The Morgan fingerprint density at radius 3 is 2.84 bits per heavy atom. The topological polar surface area (TPSA) is 58.1 Å². The van der Waals surface area contributed by atoms with Gasteiger partial charge in [-0.05, 0) is 43.7 Å². The zero-order chi connectivity index (χ0) is 13.2. The standard InChI is InChI=1S/C14H20N4O/c1-15-13-8-7-11(16-17-13)14(19)18-9-3-5-10-4-2-6-12(10)18/h7-8,10,12H,2-6,9H2,1H3,(H,15,17).